The smallest absolute Gasteiger partial charge is 0.258 e. The zero-order valence-electron chi connectivity index (χ0n) is 10.6. The molecule has 0 spiro atoms. The van der Waals surface area contributed by atoms with E-state index in [9.17, 15) is 0 Å². The van der Waals surface area contributed by atoms with Crippen molar-refractivity contribution >= 4 is 0 Å². The van der Waals surface area contributed by atoms with Gasteiger partial charge >= 0.3 is 0 Å². The molecule has 0 radical (unpaired) electrons. The predicted molar refractivity (Wildman–Crippen MR) is 69.1 cm³/mol. The molecule has 0 fully saturated rings. The van der Waals surface area contributed by atoms with Gasteiger partial charge in [-0.1, -0.05) is 24.2 Å². The molecule has 4 heteroatoms. The maximum atomic E-state index is 5.39. The molecule has 1 N–H and O–H groups in total. The third-order valence-corrected chi connectivity index (χ3v) is 3.31. The summed E-state index contributed by atoms with van der Waals surface area (Å²) in [5.41, 5.74) is 3.79. The summed E-state index contributed by atoms with van der Waals surface area (Å²) in [6.45, 7) is 4.06. The number of benzene rings is 1. The second-order valence-electron chi connectivity index (χ2n) is 4.64. The summed E-state index contributed by atoms with van der Waals surface area (Å²) in [4.78, 5) is 4.48. The lowest BCUT2D eigenvalue weighted by Gasteiger charge is -2.18. The molecule has 1 aromatic heterocycles. The second-order valence-corrected chi connectivity index (χ2v) is 4.64. The number of hydrogen-bond acceptors (Lipinski definition) is 4. The van der Waals surface area contributed by atoms with Crippen molar-refractivity contribution in [1.29, 1.82) is 0 Å². The highest BCUT2D eigenvalue weighted by Crippen LogP contribution is 2.27. The van der Waals surface area contributed by atoms with E-state index < -0.39 is 0 Å². The van der Waals surface area contributed by atoms with Crippen LogP contribution >= 0.6 is 0 Å². The molecule has 0 bridgehead atoms. The number of rotatable bonds is 3. The van der Waals surface area contributed by atoms with Crippen LogP contribution in [0.2, 0.25) is 0 Å². The van der Waals surface area contributed by atoms with Crippen LogP contribution in [-0.2, 0) is 19.4 Å². The Morgan fingerprint density at radius 3 is 3.22 bits per heavy atom. The van der Waals surface area contributed by atoms with Gasteiger partial charge in [0, 0.05) is 18.5 Å². The van der Waals surface area contributed by atoms with Crippen LogP contribution in [0.3, 0.4) is 0 Å². The number of nitrogens with one attached hydrogen (secondary N) is 1. The van der Waals surface area contributed by atoms with E-state index in [-0.39, 0.29) is 0 Å². The monoisotopic (exact) mass is 243 g/mol. The standard InChI is InChI=1S/C14H17N3O/c1-2-4-13-16-14(18-17-13)12-6-3-5-10-9-15-8-7-11(10)12/h3,5-6,15H,2,4,7-9H2,1H3. The van der Waals surface area contributed by atoms with Gasteiger partial charge in [-0.05, 0) is 36.6 Å². The quantitative estimate of drug-likeness (QED) is 0.899. The van der Waals surface area contributed by atoms with Crippen molar-refractivity contribution in [3.63, 3.8) is 0 Å². The maximum Gasteiger partial charge on any atom is 0.258 e. The molecule has 0 saturated carbocycles. The summed E-state index contributed by atoms with van der Waals surface area (Å²) in [5.74, 6) is 1.47. The summed E-state index contributed by atoms with van der Waals surface area (Å²) < 4.78 is 5.39. The molecule has 0 saturated heterocycles. The molecular formula is C14H17N3O. The molecule has 2 heterocycles. The molecule has 94 valence electrons. The van der Waals surface area contributed by atoms with Crippen LogP contribution in [0.1, 0.15) is 30.3 Å². The number of aryl methyl sites for hydroxylation is 1. The van der Waals surface area contributed by atoms with Gasteiger partial charge in [-0.25, -0.2) is 0 Å². The molecule has 0 amide bonds. The van der Waals surface area contributed by atoms with Crippen molar-refractivity contribution in [2.75, 3.05) is 6.54 Å². The third-order valence-electron chi connectivity index (χ3n) is 3.31. The highest BCUT2D eigenvalue weighted by Gasteiger charge is 2.17. The average molecular weight is 243 g/mol. The van der Waals surface area contributed by atoms with Crippen LogP contribution in [0, 0.1) is 0 Å². The third kappa shape index (κ3) is 2.04. The van der Waals surface area contributed by atoms with Crippen molar-refractivity contribution in [3.8, 4) is 11.5 Å². The SMILES string of the molecule is CCCc1noc(-c2cccc3c2CCNC3)n1. The minimum absolute atomic E-state index is 0.664. The summed E-state index contributed by atoms with van der Waals surface area (Å²) in [5, 5.41) is 7.41. The Morgan fingerprint density at radius 1 is 1.39 bits per heavy atom. The highest BCUT2D eigenvalue weighted by atomic mass is 16.5. The number of hydrogen-bond donors (Lipinski definition) is 1. The molecule has 2 aromatic rings. The van der Waals surface area contributed by atoms with E-state index in [1.165, 1.54) is 11.1 Å². The van der Waals surface area contributed by atoms with Gasteiger partial charge in [0.2, 0.25) is 0 Å². The lowest BCUT2D eigenvalue weighted by molar-refractivity contribution is 0.421. The number of aromatic nitrogens is 2. The van der Waals surface area contributed by atoms with E-state index in [2.05, 4.69) is 40.6 Å². The summed E-state index contributed by atoms with van der Waals surface area (Å²) in [6, 6.07) is 6.30. The first-order chi connectivity index (χ1) is 8.88. The van der Waals surface area contributed by atoms with E-state index in [4.69, 9.17) is 4.52 Å². The van der Waals surface area contributed by atoms with Gasteiger partial charge in [0.25, 0.3) is 5.89 Å². The van der Waals surface area contributed by atoms with Gasteiger partial charge in [-0.3, -0.25) is 0 Å². The largest absolute Gasteiger partial charge is 0.334 e. The molecule has 1 aliphatic rings. The van der Waals surface area contributed by atoms with Crippen molar-refractivity contribution in [3.05, 3.63) is 35.2 Å². The predicted octanol–water partition coefficient (Wildman–Crippen LogP) is 2.33. The van der Waals surface area contributed by atoms with Gasteiger partial charge in [0.15, 0.2) is 5.82 Å². The Bertz CT molecular complexity index is 548. The fourth-order valence-corrected chi connectivity index (χ4v) is 2.42. The summed E-state index contributed by atoms with van der Waals surface area (Å²) in [6.07, 6.45) is 2.94. The van der Waals surface area contributed by atoms with E-state index in [0.29, 0.717) is 5.89 Å². The first kappa shape index (κ1) is 11.4. The van der Waals surface area contributed by atoms with Crippen LogP contribution in [0.5, 0.6) is 0 Å². The Kier molecular flexibility index (Phi) is 3.11. The van der Waals surface area contributed by atoms with E-state index >= 15 is 0 Å². The Labute approximate surface area is 106 Å². The first-order valence-corrected chi connectivity index (χ1v) is 6.53. The van der Waals surface area contributed by atoms with Crippen LogP contribution in [0.25, 0.3) is 11.5 Å². The summed E-state index contributed by atoms with van der Waals surface area (Å²) >= 11 is 0. The van der Waals surface area contributed by atoms with Gasteiger partial charge in [0.1, 0.15) is 0 Å². The average Bonchev–Trinajstić information content (AvgIpc) is 2.87. The molecule has 1 aromatic carbocycles. The minimum atomic E-state index is 0.664. The number of fused-ring (bicyclic) bond motifs is 1. The van der Waals surface area contributed by atoms with Crippen molar-refractivity contribution in [1.82, 2.24) is 15.5 Å². The topological polar surface area (TPSA) is 51.0 Å². The maximum absolute atomic E-state index is 5.39. The van der Waals surface area contributed by atoms with Crippen LogP contribution < -0.4 is 5.32 Å². The van der Waals surface area contributed by atoms with E-state index in [1.807, 2.05) is 0 Å². The van der Waals surface area contributed by atoms with Crippen LogP contribution in [0.15, 0.2) is 22.7 Å². The van der Waals surface area contributed by atoms with Gasteiger partial charge in [-0.2, -0.15) is 4.98 Å². The lowest BCUT2D eigenvalue weighted by atomic mass is 9.95. The zero-order chi connectivity index (χ0) is 12.4. The molecule has 1 aliphatic heterocycles. The number of nitrogens with zero attached hydrogens (tertiary/aromatic N) is 2. The fourth-order valence-electron chi connectivity index (χ4n) is 2.42. The fraction of sp³-hybridized carbons (Fsp3) is 0.429. The van der Waals surface area contributed by atoms with Crippen LogP contribution in [0.4, 0.5) is 0 Å². The molecule has 18 heavy (non-hydrogen) atoms. The molecule has 0 unspecified atom stereocenters. The molecule has 4 nitrogen and oxygen atoms in total. The Morgan fingerprint density at radius 2 is 2.33 bits per heavy atom. The molecule has 0 aliphatic carbocycles. The van der Waals surface area contributed by atoms with Crippen molar-refractivity contribution in [2.45, 2.75) is 32.7 Å². The van der Waals surface area contributed by atoms with Crippen LogP contribution in [-0.4, -0.2) is 16.7 Å². The minimum Gasteiger partial charge on any atom is -0.334 e. The van der Waals surface area contributed by atoms with Crippen molar-refractivity contribution < 1.29 is 4.52 Å². The Hall–Kier alpha value is -1.68. The van der Waals surface area contributed by atoms with Crippen molar-refractivity contribution in [2.24, 2.45) is 0 Å². The second kappa shape index (κ2) is 4.90. The zero-order valence-corrected chi connectivity index (χ0v) is 10.6. The van der Waals surface area contributed by atoms with Gasteiger partial charge in [-0.15, -0.1) is 0 Å². The highest BCUT2D eigenvalue weighted by molar-refractivity contribution is 5.61. The molecular weight excluding hydrogens is 226 g/mol. The summed E-state index contributed by atoms with van der Waals surface area (Å²) in [7, 11) is 0. The van der Waals surface area contributed by atoms with E-state index in [1.54, 1.807) is 0 Å². The normalized spacial score (nSPS) is 14.5. The first-order valence-electron chi connectivity index (χ1n) is 6.53. The molecule has 0 atom stereocenters. The van der Waals surface area contributed by atoms with E-state index in [0.717, 1.165) is 43.7 Å². The Balaban J connectivity index is 2.00. The lowest BCUT2D eigenvalue weighted by Crippen LogP contribution is -2.24. The van der Waals surface area contributed by atoms with Gasteiger partial charge in [0.05, 0.1) is 0 Å². The molecule has 3 rings (SSSR count). The van der Waals surface area contributed by atoms with Gasteiger partial charge < -0.3 is 9.84 Å².